The highest BCUT2D eigenvalue weighted by molar-refractivity contribution is 4.77. The lowest BCUT2D eigenvalue weighted by Gasteiger charge is -2.19. The molecule has 1 aliphatic rings. The zero-order valence-corrected chi connectivity index (χ0v) is 7.13. The largest absolute Gasteiger partial charge is 0.348 e. The van der Waals surface area contributed by atoms with Crippen LogP contribution in [0.2, 0.25) is 0 Å². The summed E-state index contributed by atoms with van der Waals surface area (Å²) in [4.78, 5) is 0. The summed E-state index contributed by atoms with van der Waals surface area (Å²) in [5.74, 6) is -0.504. The van der Waals surface area contributed by atoms with E-state index in [2.05, 4.69) is 5.48 Å². The summed E-state index contributed by atoms with van der Waals surface area (Å²) in [5.41, 5.74) is 2.14. The van der Waals surface area contributed by atoms with Crippen LogP contribution < -0.4 is 5.48 Å². The van der Waals surface area contributed by atoms with Crippen molar-refractivity contribution in [2.75, 3.05) is 6.61 Å². The van der Waals surface area contributed by atoms with Gasteiger partial charge >= 0.3 is 0 Å². The summed E-state index contributed by atoms with van der Waals surface area (Å²) >= 11 is 0. The molecule has 0 aromatic rings. The maximum absolute atomic E-state index is 8.58. The Morgan fingerprint density at radius 2 is 2.27 bits per heavy atom. The molecule has 4 heteroatoms. The van der Waals surface area contributed by atoms with Crippen LogP contribution in [-0.2, 0) is 9.47 Å². The molecule has 0 aromatic carbocycles. The van der Waals surface area contributed by atoms with Crippen LogP contribution in [0.3, 0.4) is 0 Å². The van der Waals surface area contributed by atoms with E-state index >= 15 is 0 Å². The first-order chi connectivity index (χ1) is 5.05. The second kappa shape index (κ2) is 3.06. The zero-order chi connectivity index (χ0) is 8.48. The molecule has 1 aliphatic heterocycles. The fourth-order valence-electron chi connectivity index (χ4n) is 1.04. The van der Waals surface area contributed by atoms with Gasteiger partial charge in [0.25, 0.3) is 0 Å². The van der Waals surface area contributed by atoms with Gasteiger partial charge in [-0.15, -0.1) is 0 Å². The van der Waals surface area contributed by atoms with Crippen molar-refractivity contribution in [3.8, 4) is 0 Å². The molecule has 0 aliphatic carbocycles. The Morgan fingerprint density at radius 1 is 1.64 bits per heavy atom. The summed E-state index contributed by atoms with van der Waals surface area (Å²) in [5, 5.41) is 8.58. The molecule has 0 unspecified atom stereocenters. The van der Waals surface area contributed by atoms with Crippen LogP contribution in [0, 0.1) is 0 Å². The quantitative estimate of drug-likeness (QED) is 0.579. The van der Waals surface area contributed by atoms with Crippen LogP contribution in [-0.4, -0.2) is 29.7 Å². The van der Waals surface area contributed by atoms with E-state index in [0.717, 1.165) is 0 Å². The first-order valence-electron chi connectivity index (χ1n) is 3.76. The van der Waals surface area contributed by atoms with Crippen molar-refractivity contribution in [1.82, 2.24) is 5.48 Å². The topological polar surface area (TPSA) is 50.7 Å². The summed E-state index contributed by atoms with van der Waals surface area (Å²) in [6, 6.07) is -0.0863. The minimum atomic E-state index is -0.504. The summed E-state index contributed by atoms with van der Waals surface area (Å²) in [7, 11) is 0. The molecule has 0 spiro atoms. The average Bonchev–Trinajstić information content (AvgIpc) is 2.29. The lowest BCUT2D eigenvalue weighted by molar-refractivity contribution is -0.144. The van der Waals surface area contributed by atoms with Crippen molar-refractivity contribution < 1.29 is 14.7 Å². The highest BCUT2D eigenvalue weighted by Gasteiger charge is 2.35. The number of hydroxylamine groups is 1. The highest BCUT2D eigenvalue weighted by atomic mass is 16.7. The molecule has 1 fully saturated rings. The molecule has 66 valence electrons. The lowest BCUT2D eigenvalue weighted by atomic mass is 10.2. The van der Waals surface area contributed by atoms with Gasteiger partial charge in [-0.25, -0.2) is 5.48 Å². The number of hydrogen-bond donors (Lipinski definition) is 2. The molecule has 11 heavy (non-hydrogen) atoms. The van der Waals surface area contributed by atoms with E-state index in [4.69, 9.17) is 14.7 Å². The number of nitrogens with one attached hydrogen (secondary N) is 1. The third kappa shape index (κ3) is 2.13. The zero-order valence-electron chi connectivity index (χ0n) is 7.13. The highest BCUT2D eigenvalue weighted by Crippen LogP contribution is 2.23. The average molecular weight is 161 g/mol. The van der Waals surface area contributed by atoms with Gasteiger partial charge in [0.15, 0.2) is 5.79 Å². The predicted octanol–water partition coefficient (Wildman–Crippen LogP) is 0.505. The normalized spacial score (nSPS) is 32.2. The van der Waals surface area contributed by atoms with Crippen molar-refractivity contribution >= 4 is 0 Å². The Morgan fingerprint density at radius 3 is 2.64 bits per heavy atom. The SMILES string of the molecule is C[C@@H](NO)[C@H]1COC(C)(C)O1. The van der Waals surface area contributed by atoms with Crippen LogP contribution in [0.25, 0.3) is 0 Å². The van der Waals surface area contributed by atoms with Gasteiger partial charge < -0.3 is 14.7 Å². The Balaban J connectivity index is 2.41. The molecule has 0 amide bonds. The van der Waals surface area contributed by atoms with Crippen molar-refractivity contribution in [2.24, 2.45) is 0 Å². The molecule has 1 heterocycles. The van der Waals surface area contributed by atoms with Gasteiger partial charge in [0.2, 0.25) is 0 Å². The smallest absolute Gasteiger partial charge is 0.163 e. The molecule has 2 N–H and O–H groups in total. The Hall–Kier alpha value is -0.160. The van der Waals surface area contributed by atoms with E-state index in [-0.39, 0.29) is 12.1 Å². The predicted molar refractivity (Wildman–Crippen MR) is 39.3 cm³/mol. The Bertz CT molecular complexity index is 138. The van der Waals surface area contributed by atoms with E-state index in [1.165, 1.54) is 0 Å². The third-order valence-electron chi connectivity index (χ3n) is 1.79. The molecular formula is C7H15NO3. The van der Waals surface area contributed by atoms with Crippen LogP contribution in [0.5, 0.6) is 0 Å². The van der Waals surface area contributed by atoms with Crippen LogP contribution in [0.1, 0.15) is 20.8 Å². The second-order valence-electron chi connectivity index (χ2n) is 3.28. The first kappa shape index (κ1) is 8.93. The van der Waals surface area contributed by atoms with Crippen molar-refractivity contribution in [2.45, 2.75) is 38.7 Å². The molecule has 1 saturated heterocycles. The third-order valence-corrected chi connectivity index (χ3v) is 1.79. The molecule has 0 aromatic heterocycles. The monoisotopic (exact) mass is 161 g/mol. The van der Waals surface area contributed by atoms with Gasteiger partial charge in [0, 0.05) is 0 Å². The number of rotatable bonds is 2. The van der Waals surface area contributed by atoms with Crippen molar-refractivity contribution in [1.29, 1.82) is 0 Å². The van der Waals surface area contributed by atoms with Crippen molar-refractivity contribution in [3.63, 3.8) is 0 Å². The van der Waals surface area contributed by atoms with Gasteiger partial charge in [0.05, 0.1) is 12.6 Å². The van der Waals surface area contributed by atoms with Crippen molar-refractivity contribution in [3.05, 3.63) is 0 Å². The van der Waals surface area contributed by atoms with Gasteiger partial charge in [0.1, 0.15) is 6.10 Å². The van der Waals surface area contributed by atoms with Crippen LogP contribution in [0.4, 0.5) is 0 Å². The van der Waals surface area contributed by atoms with Gasteiger partial charge in [-0.1, -0.05) is 0 Å². The fraction of sp³-hybridized carbons (Fsp3) is 1.00. The van der Waals surface area contributed by atoms with Gasteiger partial charge in [-0.3, -0.25) is 0 Å². The summed E-state index contributed by atoms with van der Waals surface area (Å²) in [6.45, 7) is 6.09. The first-order valence-corrected chi connectivity index (χ1v) is 3.76. The molecule has 4 nitrogen and oxygen atoms in total. The molecule has 0 radical (unpaired) electrons. The maximum atomic E-state index is 8.58. The van der Waals surface area contributed by atoms with Gasteiger partial charge in [-0.2, -0.15) is 0 Å². The van der Waals surface area contributed by atoms with E-state index in [9.17, 15) is 0 Å². The fourth-order valence-corrected chi connectivity index (χ4v) is 1.04. The minimum Gasteiger partial charge on any atom is -0.348 e. The molecule has 1 rings (SSSR count). The molecule has 0 saturated carbocycles. The molecular weight excluding hydrogens is 146 g/mol. The maximum Gasteiger partial charge on any atom is 0.163 e. The van der Waals surface area contributed by atoms with Crippen LogP contribution in [0.15, 0.2) is 0 Å². The summed E-state index contributed by atoms with van der Waals surface area (Å²) < 4.78 is 10.8. The minimum absolute atomic E-state index is 0.0602. The van der Waals surface area contributed by atoms with E-state index in [1.807, 2.05) is 20.8 Å². The Kier molecular flexibility index (Phi) is 2.49. The van der Waals surface area contributed by atoms with E-state index in [0.29, 0.717) is 6.61 Å². The molecule has 2 atom stereocenters. The second-order valence-corrected chi connectivity index (χ2v) is 3.28. The number of ether oxygens (including phenoxy) is 2. The standard InChI is InChI=1S/C7H15NO3/c1-5(8-9)6-4-10-7(2,3)11-6/h5-6,8-9H,4H2,1-3H3/t5-,6-/m1/s1. The van der Waals surface area contributed by atoms with E-state index in [1.54, 1.807) is 0 Å². The Labute approximate surface area is 66.4 Å². The van der Waals surface area contributed by atoms with E-state index < -0.39 is 5.79 Å². The lowest BCUT2D eigenvalue weighted by Crippen LogP contribution is -2.37. The van der Waals surface area contributed by atoms with Crippen LogP contribution >= 0.6 is 0 Å². The van der Waals surface area contributed by atoms with Gasteiger partial charge in [-0.05, 0) is 20.8 Å². The summed E-state index contributed by atoms with van der Waals surface area (Å²) in [6.07, 6.45) is -0.0602. The molecule has 0 bridgehead atoms. The number of hydrogen-bond acceptors (Lipinski definition) is 4.